The highest BCUT2D eigenvalue weighted by atomic mass is 32.1. The Morgan fingerprint density at radius 1 is 0.464 bits per heavy atom. The van der Waals surface area contributed by atoms with Gasteiger partial charge in [0.1, 0.15) is 78.3 Å². The molecule has 0 fully saturated rings. The number of aromatic amines is 3. The first kappa shape index (κ1) is 99.2. The average Bonchev–Trinajstić information content (AvgIpc) is 1.71. The van der Waals surface area contributed by atoms with Crippen LogP contribution in [0.1, 0.15) is 94.7 Å². The molecule has 4 aromatic carbocycles. The summed E-state index contributed by atoms with van der Waals surface area (Å²) in [5, 5.41) is 77.7. The Hall–Kier alpha value is -12.9. The van der Waals surface area contributed by atoms with Gasteiger partial charge < -0.3 is 120 Å². The van der Waals surface area contributed by atoms with E-state index in [1.165, 1.54) is 50.6 Å². The Kier molecular flexibility index (Phi) is 39.7. The van der Waals surface area contributed by atoms with Crippen molar-refractivity contribution in [3.63, 3.8) is 0 Å². The number of hydrogen-bond donors (Lipinski definition) is 24. The van der Waals surface area contributed by atoms with Crippen LogP contribution in [0.5, 0.6) is 5.75 Å². The van der Waals surface area contributed by atoms with Crippen molar-refractivity contribution in [1.29, 1.82) is 0 Å². The van der Waals surface area contributed by atoms with Gasteiger partial charge in [-0.05, 0) is 92.1 Å². The molecule has 13 atom stereocenters. The number of aliphatic carboxylic acids is 2. The molecule has 125 heavy (non-hydrogen) atoms. The van der Waals surface area contributed by atoms with Gasteiger partial charge in [0.05, 0.1) is 38.6 Å². The second kappa shape index (κ2) is 50.0. The fourth-order valence-electron chi connectivity index (χ4n) is 13.1. The van der Waals surface area contributed by atoms with Gasteiger partial charge >= 0.3 is 11.9 Å². The van der Waals surface area contributed by atoms with Crippen molar-refractivity contribution in [3.8, 4) is 5.75 Å². The van der Waals surface area contributed by atoms with E-state index >= 15 is 9.59 Å². The van der Waals surface area contributed by atoms with Crippen molar-refractivity contribution in [2.45, 2.75) is 177 Å². The summed E-state index contributed by atoms with van der Waals surface area (Å²) in [6.45, 7) is 6.22. The number of aliphatic hydroxyl groups is 1. The molecule has 7 rings (SSSR count). The fraction of sp³-hybridized carbons (Fsp3) is 0.434. The standard InChI is InChI=1S/C83H109N19O21S2/c1-44(2)70(101-77(115)62(34-51-38-88-57-20-12-10-18-55(51)57)97-76(114)64(36-69(108)109)94-72(110)45(3)91-79(117)65(41-124)92-47(5)104)81(119)100-66(42-125)80(118)95-60(32-49-22-24-53(105)25-23-49)74(112)96-61(33-50-37-87-56-19-11-9-17-54(50)56)75(113)98-63(35-52-39-85-43-90-52)78(116)102-71(46(4)103)82(120)99-59(31-48-15-7-6-8-16-48)73(111)89-40-68(107)86-28-30-123-29-26-67(106)93-58(83(121)122)21-13-14-27-84/h6-12,15-20,22-25,37-39,43-46,58-66,70-71,87-88,103,105,124-125H,13-14,21,26-36,40-42,84H2,1-5H3,(H,85,90)(H,86,107)(H,89,111)(H,91,117)(H,92,104)(H,93,106)(H,94,110)(H,95,118)(H,96,112)(H,97,114)(H,98,113)(H,99,120)(H,100,119)(H,101,115)(H,102,116)(H,108,109)(H,121,122)/t45-,46+,58-,59-,60-,61-,62-,63-,64-,65-,66-,70-,71-/m0/s1. The number of carbonyl (C=O) groups excluding carboxylic acids is 14. The van der Waals surface area contributed by atoms with Crippen LogP contribution in [0.3, 0.4) is 0 Å². The number of amides is 14. The number of nitrogens with one attached hydrogen (secondary N) is 17. The molecule has 14 amide bonds. The molecule has 0 spiro atoms. The van der Waals surface area contributed by atoms with Crippen LogP contribution in [0.4, 0.5) is 0 Å². The van der Waals surface area contributed by atoms with Crippen LogP contribution in [0.25, 0.3) is 21.8 Å². The van der Waals surface area contributed by atoms with Crippen LogP contribution in [0.2, 0.25) is 0 Å². The van der Waals surface area contributed by atoms with Crippen LogP contribution < -0.4 is 80.2 Å². The normalized spacial score (nSPS) is 14.3. The van der Waals surface area contributed by atoms with E-state index in [4.69, 9.17) is 10.5 Å². The summed E-state index contributed by atoms with van der Waals surface area (Å²) in [5.74, 6) is -17.2. The molecule has 0 saturated heterocycles. The van der Waals surface area contributed by atoms with E-state index in [0.29, 0.717) is 63.4 Å². The number of carbonyl (C=O) groups is 16. The molecule has 23 N–H and O–H groups in total. The number of unbranched alkanes of at least 4 members (excludes halogenated alkanes) is 1. The van der Waals surface area contributed by atoms with Crippen molar-refractivity contribution >= 4 is 142 Å². The first-order chi connectivity index (χ1) is 59.6. The Balaban J connectivity index is 1.08. The molecule has 0 saturated carbocycles. The number of nitrogens with two attached hydrogens (primary N) is 1. The number of thiol groups is 2. The van der Waals surface area contributed by atoms with Gasteiger partial charge in [-0.25, -0.2) is 9.78 Å². The summed E-state index contributed by atoms with van der Waals surface area (Å²) in [6, 6.07) is 9.27. The highest BCUT2D eigenvalue weighted by molar-refractivity contribution is 7.80. The first-order valence-electron chi connectivity index (χ1n) is 40.3. The summed E-state index contributed by atoms with van der Waals surface area (Å²) in [6.07, 6.45) is 2.72. The number of benzene rings is 4. The number of H-pyrrole nitrogens is 3. The van der Waals surface area contributed by atoms with Gasteiger partial charge in [0.2, 0.25) is 82.7 Å². The molecular formula is C83H109N19O21S2. The SMILES string of the molecule is CC(=O)N[C@@H](CS)C(=O)N[C@@H](C)C(=O)N[C@@H](CC(=O)O)C(=O)N[C@@H](Cc1c[nH]c2ccccc12)C(=O)N[C@H](C(=O)N[C@@H](CS)C(=O)N[C@@H](Cc1ccc(O)cc1)C(=O)N[C@@H](Cc1c[nH]c2ccccc12)C(=O)N[C@@H](Cc1cnc[nH]1)C(=O)N[C@H](C(=O)N[C@@H](Cc1ccccc1)C(=O)NCC(=O)NCCOCCC(=O)N[C@@H](CCCCN)C(=O)O)[C@@H](C)O)C(C)C. The molecule has 0 aliphatic heterocycles. The lowest BCUT2D eigenvalue weighted by molar-refractivity contribution is -0.142. The number of rotatable bonds is 52. The average molecular weight is 1770 g/mol. The molecule has 7 aromatic rings. The number of phenolic OH excluding ortho intramolecular Hbond substituents is 1. The van der Waals surface area contributed by atoms with Gasteiger partial charge in [-0.2, -0.15) is 25.3 Å². The van der Waals surface area contributed by atoms with Gasteiger partial charge in [0.15, 0.2) is 0 Å². The predicted octanol–water partition coefficient (Wildman–Crippen LogP) is -2.33. The summed E-state index contributed by atoms with van der Waals surface area (Å²) >= 11 is 8.49. The molecule has 0 unspecified atom stereocenters. The predicted molar refractivity (Wildman–Crippen MR) is 461 cm³/mol. The number of phenols is 1. The Bertz CT molecular complexity index is 4860. The van der Waals surface area contributed by atoms with E-state index in [1.807, 2.05) is 0 Å². The third kappa shape index (κ3) is 32.0. The molecule has 0 aliphatic rings. The smallest absolute Gasteiger partial charge is 0.326 e. The van der Waals surface area contributed by atoms with E-state index < -0.39 is 198 Å². The maximum Gasteiger partial charge on any atom is 0.326 e. The van der Waals surface area contributed by atoms with Gasteiger partial charge in [0, 0.05) is 110 Å². The van der Waals surface area contributed by atoms with E-state index in [-0.39, 0.29) is 81.9 Å². The summed E-state index contributed by atoms with van der Waals surface area (Å²) in [4.78, 5) is 233. The largest absolute Gasteiger partial charge is 0.508 e. The molecule has 3 heterocycles. The lowest BCUT2D eigenvalue weighted by Crippen LogP contribution is -2.62. The number of ether oxygens (including phenoxy) is 1. The summed E-state index contributed by atoms with van der Waals surface area (Å²) in [5.41, 5.74) is 8.87. The minimum atomic E-state index is -1.87. The maximum atomic E-state index is 15.3. The Labute approximate surface area is 729 Å². The molecule has 3 aromatic heterocycles. The van der Waals surface area contributed by atoms with Crippen LogP contribution >= 0.6 is 25.3 Å². The van der Waals surface area contributed by atoms with Crippen molar-refractivity contribution < 1.29 is 102 Å². The molecular weight excluding hydrogens is 1660 g/mol. The van der Waals surface area contributed by atoms with Gasteiger partial charge in [-0.15, -0.1) is 0 Å². The molecule has 0 bridgehead atoms. The van der Waals surface area contributed by atoms with E-state index in [0.717, 1.165) is 6.92 Å². The van der Waals surface area contributed by atoms with E-state index in [9.17, 15) is 87.5 Å². The zero-order chi connectivity index (χ0) is 91.4. The molecule has 674 valence electrons. The summed E-state index contributed by atoms with van der Waals surface area (Å²) in [7, 11) is 0. The monoisotopic (exact) mass is 1770 g/mol. The first-order valence-corrected chi connectivity index (χ1v) is 41.6. The van der Waals surface area contributed by atoms with E-state index in [1.54, 1.807) is 105 Å². The zero-order valence-electron chi connectivity index (χ0n) is 69.4. The number of fused-ring (bicyclic) bond motifs is 2. The number of hydrogen-bond acceptors (Lipinski definition) is 23. The lowest BCUT2D eigenvalue weighted by Gasteiger charge is -2.29. The van der Waals surface area contributed by atoms with Crippen LogP contribution in [-0.4, -0.2) is 258 Å². The second-order valence-electron chi connectivity index (χ2n) is 30.0. The number of carboxylic acid groups (broad SMARTS) is 2. The van der Waals surface area contributed by atoms with Gasteiger partial charge in [-0.1, -0.05) is 92.7 Å². The second-order valence-corrected chi connectivity index (χ2v) is 30.7. The number of aromatic nitrogens is 4. The Morgan fingerprint density at radius 2 is 0.936 bits per heavy atom. The van der Waals surface area contributed by atoms with Crippen molar-refractivity contribution in [2.24, 2.45) is 11.7 Å². The van der Waals surface area contributed by atoms with E-state index in [2.05, 4.69) is 120 Å². The van der Waals surface area contributed by atoms with Crippen LogP contribution in [0, 0.1) is 5.92 Å². The fourth-order valence-corrected chi connectivity index (χ4v) is 13.6. The number of carboxylic acids is 2. The highest BCUT2D eigenvalue weighted by Crippen LogP contribution is 2.23. The number of aromatic hydroxyl groups is 1. The van der Waals surface area contributed by atoms with Gasteiger partial charge in [0.25, 0.3) is 0 Å². The van der Waals surface area contributed by atoms with Crippen LogP contribution in [0.15, 0.2) is 128 Å². The third-order valence-corrected chi connectivity index (χ3v) is 20.5. The molecule has 0 radical (unpaired) electrons. The quantitative estimate of drug-likeness (QED) is 0.0140. The topological polar surface area (TPSA) is 618 Å². The number of para-hydroxylation sites is 2. The number of imidazole rings is 1. The Morgan fingerprint density at radius 3 is 1.46 bits per heavy atom. The molecule has 0 aliphatic carbocycles. The third-order valence-electron chi connectivity index (χ3n) is 19.8. The number of aliphatic hydroxyl groups excluding tert-OH is 1. The van der Waals surface area contributed by atoms with Gasteiger partial charge in [-0.3, -0.25) is 71.9 Å². The lowest BCUT2D eigenvalue weighted by atomic mass is 9.99. The van der Waals surface area contributed by atoms with Crippen molar-refractivity contribution in [2.75, 3.05) is 44.4 Å². The summed E-state index contributed by atoms with van der Waals surface area (Å²) < 4.78 is 5.44. The van der Waals surface area contributed by atoms with Crippen molar-refractivity contribution in [1.82, 2.24) is 94.4 Å². The zero-order valence-corrected chi connectivity index (χ0v) is 71.2. The minimum absolute atomic E-state index is 0.0627. The molecule has 42 heteroatoms. The minimum Gasteiger partial charge on any atom is -0.508 e. The van der Waals surface area contributed by atoms with Crippen LogP contribution in [-0.2, 0) is 114 Å². The highest BCUT2D eigenvalue weighted by Gasteiger charge is 2.39. The van der Waals surface area contributed by atoms with Crippen molar-refractivity contribution in [3.05, 3.63) is 156 Å². The molecule has 40 nitrogen and oxygen atoms in total. The maximum absolute atomic E-state index is 15.3. The number of nitrogens with zero attached hydrogens (tertiary/aromatic N) is 1.